The summed E-state index contributed by atoms with van der Waals surface area (Å²) in [5, 5.41) is 8.32. The van der Waals surface area contributed by atoms with Crippen LogP contribution in [-0.2, 0) is 17.4 Å². The molecule has 0 amide bonds. The van der Waals surface area contributed by atoms with Crippen molar-refractivity contribution in [1.29, 1.82) is 5.41 Å². The number of hydrogen-bond donors (Lipinski definition) is 1. The molecule has 1 aliphatic rings. The van der Waals surface area contributed by atoms with Gasteiger partial charge in [-0.25, -0.2) is 0 Å². The fourth-order valence-corrected chi connectivity index (χ4v) is 3.68. The molecule has 1 aliphatic carbocycles. The van der Waals surface area contributed by atoms with Crippen LogP contribution in [0.3, 0.4) is 0 Å². The van der Waals surface area contributed by atoms with Crippen molar-refractivity contribution in [1.82, 2.24) is 0 Å². The molecule has 2 aromatic carbocycles. The zero-order valence-corrected chi connectivity index (χ0v) is 15.7. The molecule has 0 radical (unpaired) electrons. The van der Waals surface area contributed by atoms with Gasteiger partial charge in [0.05, 0.1) is 17.6 Å². The second kappa shape index (κ2) is 7.78. The van der Waals surface area contributed by atoms with Gasteiger partial charge in [-0.1, -0.05) is 42.5 Å². The molecule has 2 unspecified atom stereocenters. The minimum Gasteiger partial charge on any atom is -0.490 e. The quantitative estimate of drug-likeness (QED) is 0.742. The Balaban J connectivity index is 1.98. The summed E-state index contributed by atoms with van der Waals surface area (Å²) in [5.74, 6) is -1.97. The first kappa shape index (κ1) is 20.1. The lowest BCUT2D eigenvalue weighted by Crippen LogP contribution is -2.21. The monoisotopic (exact) mass is 389 g/mol. The molecule has 0 aliphatic heterocycles. The van der Waals surface area contributed by atoms with Gasteiger partial charge in [-0.2, -0.15) is 13.2 Å². The molecule has 3 rings (SSSR count). The first-order valence-corrected chi connectivity index (χ1v) is 9.20. The van der Waals surface area contributed by atoms with Crippen molar-refractivity contribution in [3.63, 3.8) is 0 Å². The van der Waals surface area contributed by atoms with E-state index in [-0.39, 0.29) is 29.2 Å². The fourth-order valence-electron chi connectivity index (χ4n) is 3.68. The number of carbonyl (C=O) groups is 1. The van der Waals surface area contributed by atoms with Crippen molar-refractivity contribution in [2.75, 3.05) is 0 Å². The van der Waals surface area contributed by atoms with Gasteiger partial charge in [-0.3, -0.25) is 4.79 Å². The third-order valence-corrected chi connectivity index (χ3v) is 4.84. The van der Waals surface area contributed by atoms with Gasteiger partial charge in [0.2, 0.25) is 0 Å². The predicted octanol–water partition coefficient (Wildman–Crippen LogP) is 5.43. The van der Waals surface area contributed by atoms with E-state index in [0.717, 1.165) is 11.6 Å². The number of halogens is 3. The number of para-hydroxylation sites is 1. The van der Waals surface area contributed by atoms with Gasteiger partial charge in [0.1, 0.15) is 11.5 Å². The molecule has 0 aromatic heterocycles. The number of hydrogen-bond acceptors (Lipinski definition) is 3. The average molecular weight is 389 g/mol. The molecule has 0 heterocycles. The first-order valence-electron chi connectivity index (χ1n) is 9.20. The SMILES string of the molecule is CC(C)Oc1c(C2C(=N)CC(Cc3ccccc3)C2=O)cccc1C(F)(F)F. The van der Waals surface area contributed by atoms with Crippen LogP contribution in [0.2, 0.25) is 0 Å². The predicted molar refractivity (Wildman–Crippen MR) is 101 cm³/mol. The summed E-state index contributed by atoms with van der Waals surface area (Å²) in [6.45, 7) is 3.27. The number of rotatable bonds is 5. The average Bonchev–Trinajstić information content (AvgIpc) is 2.88. The lowest BCUT2D eigenvalue weighted by atomic mass is 9.90. The molecule has 0 saturated heterocycles. The highest BCUT2D eigenvalue weighted by molar-refractivity contribution is 6.16. The summed E-state index contributed by atoms with van der Waals surface area (Å²) in [6.07, 6.45) is -4.38. The molecule has 0 spiro atoms. The van der Waals surface area contributed by atoms with Gasteiger partial charge in [-0.05, 0) is 38.3 Å². The smallest absolute Gasteiger partial charge is 0.419 e. The van der Waals surface area contributed by atoms with Crippen LogP contribution in [0.15, 0.2) is 48.5 Å². The maximum atomic E-state index is 13.5. The normalized spacial score (nSPS) is 20.1. The number of nitrogens with one attached hydrogen (secondary N) is 1. The van der Waals surface area contributed by atoms with E-state index in [1.165, 1.54) is 12.1 Å². The molecule has 3 nitrogen and oxygen atoms in total. The number of Topliss-reactive ketones (excluding diaryl/α,β-unsaturated/α-hetero) is 1. The largest absolute Gasteiger partial charge is 0.490 e. The molecular formula is C22H22F3NO2. The lowest BCUT2D eigenvalue weighted by molar-refractivity contribution is -0.139. The van der Waals surface area contributed by atoms with Crippen molar-refractivity contribution in [2.45, 2.75) is 44.9 Å². The van der Waals surface area contributed by atoms with Gasteiger partial charge < -0.3 is 10.1 Å². The standard InChI is InChI=1S/C22H22F3NO2/c1-13(2)28-21-16(9-6-10-17(21)22(23,24)25)19-18(26)12-15(20(19)27)11-14-7-4-3-5-8-14/h3-10,13,15,19,26H,11-12H2,1-2H3. The summed E-state index contributed by atoms with van der Waals surface area (Å²) >= 11 is 0. The Morgan fingerprint density at radius 1 is 1.11 bits per heavy atom. The Labute approximate surface area is 162 Å². The van der Waals surface area contributed by atoms with E-state index in [1.54, 1.807) is 13.8 Å². The fraction of sp³-hybridized carbons (Fsp3) is 0.364. The summed E-state index contributed by atoms with van der Waals surface area (Å²) in [5.41, 5.74) is 0.329. The van der Waals surface area contributed by atoms with Gasteiger partial charge >= 0.3 is 6.18 Å². The maximum Gasteiger partial charge on any atom is 0.419 e. The topological polar surface area (TPSA) is 50.1 Å². The van der Waals surface area contributed by atoms with Crippen LogP contribution >= 0.6 is 0 Å². The van der Waals surface area contributed by atoms with Gasteiger partial charge in [0, 0.05) is 17.2 Å². The minimum atomic E-state index is -4.60. The van der Waals surface area contributed by atoms with Crippen molar-refractivity contribution in [2.24, 2.45) is 5.92 Å². The van der Waals surface area contributed by atoms with Crippen molar-refractivity contribution in [3.05, 3.63) is 65.2 Å². The van der Waals surface area contributed by atoms with Crippen molar-refractivity contribution in [3.8, 4) is 5.75 Å². The van der Waals surface area contributed by atoms with E-state index in [4.69, 9.17) is 10.1 Å². The number of alkyl halides is 3. The van der Waals surface area contributed by atoms with E-state index < -0.39 is 29.7 Å². The van der Waals surface area contributed by atoms with Gasteiger partial charge in [0.25, 0.3) is 0 Å². The summed E-state index contributed by atoms with van der Waals surface area (Å²) in [6, 6.07) is 13.1. The van der Waals surface area contributed by atoms with Crippen LogP contribution in [0, 0.1) is 11.3 Å². The van der Waals surface area contributed by atoms with E-state index in [1.807, 2.05) is 30.3 Å². The highest BCUT2D eigenvalue weighted by Gasteiger charge is 2.43. The minimum absolute atomic E-state index is 0.133. The van der Waals surface area contributed by atoms with Crippen LogP contribution in [-0.4, -0.2) is 17.6 Å². The van der Waals surface area contributed by atoms with Crippen LogP contribution in [0.1, 0.15) is 42.9 Å². The molecular weight excluding hydrogens is 367 g/mol. The van der Waals surface area contributed by atoms with Crippen molar-refractivity contribution >= 4 is 11.5 Å². The van der Waals surface area contributed by atoms with E-state index in [9.17, 15) is 18.0 Å². The third kappa shape index (κ3) is 4.11. The molecule has 1 fully saturated rings. The first-order chi connectivity index (χ1) is 13.2. The molecule has 6 heteroatoms. The van der Waals surface area contributed by atoms with Crippen LogP contribution < -0.4 is 4.74 Å². The van der Waals surface area contributed by atoms with Crippen LogP contribution in [0.4, 0.5) is 13.2 Å². The third-order valence-electron chi connectivity index (χ3n) is 4.84. The Morgan fingerprint density at radius 2 is 1.79 bits per heavy atom. The zero-order valence-electron chi connectivity index (χ0n) is 15.7. The Bertz CT molecular complexity index is 875. The maximum absolute atomic E-state index is 13.5. The zero-order chi connectivity index (χ0) is 20.5. The van der Waals surface area contributed by atoms with Crippen molar-refractivity contribution < 1.29 is 22.7 Å². The van der Waals surface area contributed by atoms with E-state index in [0.29, 0.717) is 6.42 Å². The second-order valence-corrected chi connectivity index (χ2v) is 7.34. The summed E-state index contributed by atoms with van der Waals surface area (Å²) in [7, 11) is 0. The Kier molecular flexibility index (Phi) is 5.59. The highest BCUT2D eigenvalue weighted by Crippen LogP contribution is 2.44. The number of ketones is 1. The number of ether oxygens (including phenoxy) is 1. The Morgan fingerprint density at radius 3 is 2.39 bits per heavy atom. The highest BCUT2D eigenvalue weighted by atomic mass is 19.4. The molecule has 2 atom stereocenters. The summed E-state index contributed by atoms with van der Waals surface area (Å²) < 4.78 is 46.0. The molecule has 0 bridgehead atoms. The molecule has 2 aromatic rings. The van der Waals surface area contributed by atoms with Crippen LogP contribution in [0.5, 0.6) is 5.75 Å². The van der Waals surface area contributed by atoms with Gasteiger partial charge in [0.15, 0.2) is 0 Å². The molecule has 28 heavy (non-hydrogen) atoms. The molecule has 1 N–H and O–H groups in total. The van der Waals surface area contributed by atoms with Crippen LogP contribution in [0.25, 0.3) is 0 Å². The summed E-state index contributed by atoms with van der Waals surface area (Å²) in [4.78, 5) is 13.0. The lowest BCUT2D eigenvalue weighted by Gasteiger charge is -2.22. The van der Waals surface area contributed by atoms with E-state index >= 15 is 0 Å². The van der Waals surface area contributed by atoms with Gasteiger partial charge in [-0.15, -0.1) is 0 Å². The molecule has 148 valence electrons. The number of benzene rings is 2. The molecule has 1 saturated carbocycles. The number of carbonyl (C=O) groups excluding carboxylic acids is 1. The van der Waals surface area contributed by atoms with E-state index in [2.05, 4.69) is 0 Å². The Hall–Kier alpha value is -2.63. The second-order valence-electron chi connectivity index (χ2n) is 7.34.